The van der Waals surface area contributed by atoms with Gasteiger partial charge in [-0.1, -0.05) is 24.6 Å². The zero-order valence-corrected chi connectivity index (χ0v) is 15.3. The van der Waals surface area contributed by atoms with Crippen LogP contribution in [0.3, 0.4) is 0 Å². The third-order valence-corrected chi connectivity index (χ3v) is 4.33. The summed E-state index contributed by atoms with van der Waals surface area (Å²) in [5.41, 5.74) is -0.185. The molecular formula is C19H16ClFN2O4. The molecule has 2 aromatic rings. The fraction of sp³-hybridized carbons (Fsp3) is 0.211. The van der Waals surface area contributed by atoms with Gasteiger partial charge < -0.3 is 15.2 Å². The molecule has 0 aliphatic carbocycles. The van der Waals surface area contributed by atoms with Gasteiger partial charge in [-0.05, 0) is 30.7 Å². The Hall–Kier alpha value is -3.11. The number of methoxy groups -OCH3 is 1. The number of nitrogens with zero attached hydrogens (tertiary/aromatic N) is 1. The number of rotatable bonds is 6. The fourth-order valence-electron chi connectivity index (χ4n) is 2.68. The highest BCUT2D eigenvalue weighted by atomic mass is 35.5. The molecule has 0 saturated heterocycles. The van der Waals surface area contributed by atoms with Gasteiger partial charge in [0.15, 0.2) is 5.78 Å². The lowest BCUT2D eigenvalue weighted by Crippen LogP contribution is -2.27. The van der Waals surface area contributed by atoms with E-state index in [-0.39, 0.29) is 39.4 Å². The van der Waals surface area contributed by atoms with Crippen LogP contribution >= 0.6 is 11.6 Å². The Labute approximate surface area is 160 Å². The molecule has 0 bridgehead atoms. The highest BCUT2D eigenvalue weighted by Crippen LogP contribution is 2.30. The average molecular weight is 391 g/mol. The quantitative estimate of drug-likeness (QED) is 0.716. The van der Waals surface area contributed by atoms with Crippen molar-refractivity contribution >= 4 is 23.5 Å². The van der Waals surface area contributed by atoms with Gasteiger partial charge in [-0.25, -0.2) is 9.18 Å². The number of amides is 1. The van der Waals surface area contributed by atoms with Crippen molar-refractivity contribution in [1.82, 2.24) is 5.32 Å². The Bertz CT molecular complexity index is 940. The van der Waals surface area contributed by atoms with Gasteiger partial charge in [0.25, 0.3) is 0 Å². The first-order valence-electron chi connectivity index (χ1n) is 7.94. The first kappa shape index (κ1) is 20.2. The summed E-state index contributed by atoms with van der Waals surface area (Å²) in [5, 5.41) is 20.2. The maximum absolute atomic E-state index is 15.1. The van der Waals surface area contributed by atoms with Gasteiger partial charge in [-0.2, -0.15) is 5.26 Å². The van der Waals surface area contributed by atoms with Crippen LogP contribution in [0.1, 0.15) is 46.4 Å². The molecule has 0 radical (unpaired) electrons. The molecular weight excluding hydrogens is 375 g/mol. The lowest BCUT2D eigenvalue weighted by molar-refractivity contribution is 0.103. The van der Waals surface area contributed by atoms with E-state index in [9.17, 15) is 9.59 Å². The van der Waals surface area contributed by atoms with E-state index in [1.165, 1.54) is 37.4 Å². The van der Waals surface area contributed by atoms with Crippen molar-refractivity contribution in [3.8, 4) is 11.8 Å². The largest absolute Gasteiger partial charge is 0.495 e. The van der Waals surface area contributed by atoms with Gasteiger partial charge in [0, 0.05) is 11.1 Å². The van der Waals surface area contributed by atoms with Crippen LogP contribution in [-0.4, -0.2) is 24.1 Å². The molecule has 140 valence electrons. The standard InChI is InChI=1S/C19H16ClFN2O4/c1-3-14(23-19(25)26)12-5-6-13(20)16(17(12)21)18(24)10-4-7-15(27-2)11(8-10)9-22/h4-8,14,23H,3H2,1-2H3,(H,25,26)/t14-/m1/s1. The lowest BCUT2D eigenvalue weighted by Gasteiger charge is -2.18. The molecule has 1 atom stereocenters. The molecule has 2 N–H and O–H groups in total. The second-order valence-corrected chi connectivity index (χ2v) is 6.00. The molecule has 1 amide bonds. The summed E-state index contributed by atoms with van der Waals surface area (Å²) in [7, 11) is 1.39. The molecule has 0 spiro atoms. The molecule has 2 rings (SSSR count). The molecule has 0 fully saturated rings. The van der Waals surface area contributed by atoms with E-state index in [0.29, 0.717) is 0 Å². The van der Waals surface area contributed by atoms with Gasteiger partial charge in [0.1, 0.15) is 17.6 Å². The number of carbonyl (C=O) groups is 2. The molecule has 2 aromatic carbocycles. The maximum Gasteiger partial charge on any atom is 0.405 e. The molecule has 0 saturated carbocycles. The van der Waals surface area contributed by atoms with Gasteiger partial charge in [0.05, 0.1) is 29.3 Å². The van der Waals surface area contributed by atoms with E-state index in [1.54, 1.807) is 6.92 Å². The number of ether oxygens (including phenoxy) is 1. The zero-order valence-electron chi connectivity index (χ0n) is 14.5. The van der Waals surface area contributed by atoms with Crippen molar-refractivity contribution < 1.29 is 23.8 Å². The number of nitrogens with one attached hydrogen (secondary N) is 1. The summed E-state index contributed by atoms with van der Waals surface area (Å²) >= 11 is 6.04. The van der Waals surface area contributed by atoms with Crippen molar-refractivity contribution in [3.05, 3.63) is 63.4 Å². The minimum Gasteiger partial charge on any atom is -0.495 e. The SMILES string of the molecule is CC[C@@H](NC(=O)O)c1ccc(Cl)c(C(=O)c2ccc(OC)c(C#N)c2)c1F. The zero-order chi connectivity index (χ0) is 20.1. The number of benzene rings is 2. The van der Waals surface area contributed by atoms with Crippen molar-refractivity contribution in [1.29, 1.82) is 5.26 Å². The molecule has 27 heavy (non-hydrogen) atoms. The Balaban J connectivity index is 2.55. The average Bonchev–Trinajstić information content (AvgIpc) is 2.65. The Morgan fingerprint density at radius 3 is 2.63 bits per heavy atom. The third-order valence-electron chi connectivity index (χ3n) is 4.01. The van der Waals surface area contributed by atoms with Crippen molar-refractivity contribution in [3.63, 3.8) is 0 Å². The molecule has 0 aliphatic rings. The Morgan fingerprint density at radius 1 is 1.37 bits per heavy atom. The van der Waals surface area contributed by atoms with E-state index in [1.807, 2.05) is 6.07 Å². The molecule has 6 nitrogen and oxygen atoms in total. The van der Waals surface area contributed by atoms with Gasteiger partial charge in [-0.3, -0.25) is 4.79 Å². The van der Waals surface area contributed by atoms with E-state index in [2.05, 4.69) is 5.32 Å². The molecule has 0 aromatic heterocycles. The summed E-state index contributed by atoms with van der Waals surface area (Å²) in [5.74, 6) is -1.34. The summed E-state index contributed by atoms with van der Waals surface area (Å²) in [6.07, 6.45) is -1.03. The highest BCUT2D eigenvalue weighted by Gasteiger charge is 2.25. The van der Waals surface area contributed by atoms with Crippen LogP contribution in [0.2, 0.25) is 5.02 Å². The van der Waals surface area contributed by atoms with Crippen LogP contribution in [0.5, 0.6) is 5.75 Å². The number of halogens is 2. The van der Waals surface area contributed by atoms with Crippen molar-refractivity contribution in [2.45, 2.75) is 19.4 Å². The van der Waals surface area contributed by atoms with E-state index in [0.717, 1.165) is 0 Å². The van der Waals surface area contributed by atoms with Gasteiger partial charge >= 0.3 is 6.09 Å². The topological polar surface area (TPSA) is 99.4 Å². The number of nitriles is 1. The first-order valence-corrected chi connectivity index (χ1v) is 8.32. The van der Waals surface area contributed by atoms with Crippen LogP contribution < -0.4 is 10.1 Å². The van der Waals surface area contributed by atoms with Crippen LogP contribution in [-0.2, 0) is 0 Å². The summed E-state index contributed by atoms with van der Waals surface area (Å²) < 4.78 is 20.1. The molecule has 8 heteroatoms. The second kappa shape index (κ2) is 8.52. The maximum atomic E-state index is 15.1. The number of hydrogen-bond acceptors (Lipinski definition) is 4. The predicted molar refractivity (Wildman–Crippen MR) is 96.7 cm³/mol. The summed E-state index contributed by atoms with van der Waals surface area (Å²) in [6, 6.07) is 7.87. The van der Waals surface area contributed by atoms with Gasteiger partial charge in [0.2, 0.25) is 0 Å². The van der Waals surface area contributed by atoms with Crippen LogP contribution in [0.4, 0.5) is 9.18 Å². The minimum absolute atomic E-state index is 0.0154. The second-order valence-electron chi connectivity index (χ2n) is 5.59. The Kier molecular flexibility index (Phi) is 6.37. The van der Waals surface area contributed by atoms with Gasteiger partial charge in [-0.15, -0.1) is 0 Å². The van der Waals surface area contributed by atoms with Crippen molar-refractivity contribution in [2.24, 2.45) is 0 Å². The smallest absolute Gasteiger partial charge is 0.405 e. The van der Waals surface area contributed by atoms with Crippen molar-refractivity contribution in [2.75, 3.05) is 7.11 Å². The van der Waals surface area contributed by atoms with Crippen LogP contribution in [0.25, 0.3) is 0 Å². The van der Waals surface area contributed by atoms with E-state index < -0.39 is 23.7 Å². The number of carboxylic acid groups (broad SMARTS) is 1. The lowest BCUT2D eigenvalue weighted by atomic mass is 9.95. The molecule has 0 aliphatic heterocycles. The fourth-order valence-corrected chi connectivity index (χ4v) is 2.91. The minimum atomic E-state index is -1.31. The number of carbonyl (C=O) groups excluding carboxylic acids is 1. The summed E-state index contributed by atoms with van der Waals surface area (Å²) in [4.78, 5) is 23.8. The predicted octanol–water partition coefficient (Wildman–Crippen LogP) is 4.31. The molecule has 0 unspecified atom stereocenters. The first-order chi connectivity index (χ1) is 12.8. The monoisotopic (exact) mass is 390 g/mol. The third kappa shape index (κ3) is 4.18. The van der Waals surface area contributed by atoms with Crippen LogP contribution in [0, 0.1) is 17.1 Å². The number of hydrogen-bond donors (Lipinski definition) is 2. The van der Waals surface area contributed by atoms with E-state index >= 15 is 4.39 Å². The highest BCUT2D eigenvalue weighted by molar-refractivity contribution is 6.35. The Morgan fingerprint density at radius 2 is 2.07 bits per heavy atom. The van der Waals surface area contributed by atoms with E-state index in [4.69, 9.17) is 26.7 Å². The normalized spacial score (nSPS) is 11.4. The molecule has 0 heterocycles. The summed E-state index contributed by atoms with van der Waals surface area (Å²) in [6.45, 7) is 1.68. The van der Waals surface area contributed by atoms with Crippen LogP contribution in [0.15, 0.2) is 30.3 Å². The number of ketones is 1.